The van der Waals surface area contributed by atoms with Crippen LogP contribution in [0, 0.1) is 0 Å². The molecule has 0 aliphatic carbocycles. The van der Waals surface area contributed by atoms with Gasteiger partial charge >= 0.3 is 5.97 Å². The molecule has 3 heteroatoms. The van der Waals surface area contributed by atoms with E-state index < -0.39 is 0 Å². The molecule has 2 aromatic rings. The molecule has 1 aromatic heterocycles. The maximum Gasteiger partial charge on any atom is 0.306 e. The van der Waals surface area contributed by atoms with E-state index in [0.29, 0.717) is 13.0 Å². The minimum absolute atomic E-state index is 0.0741. The Morgan fingerprint density at radius 3 is 2.00 bits per heavy atom. The van der Waals surface area contributed by atoms with E-state index in [-0.39, 0.29) is 5.97 Å². The number of carbonyl (C=O) groups excluding carboxylic acids is 1. The van der Waals surface area contributed by atoms with Crippen LogP contribution in [0.3, 0.4) is 0 Å². The van der Waals surface area contributed by atoms with Crippen molar-refractivity contribution in [2.24, 2.45) is 0 Å². The molecule has 30 heavy (non-hydrogen) atoms. The molecule has 1 aromatic carbocycles. The predicted molar refractivity (Wildman–Crippen MR) is 128 cm³/mol. The molecule has 0 radical (unpaired) electrons. The fourth-order valence-electron chi connectivity index (χ4n) is 4.13. The van der Waals surface area contributed by atoms with E-state index in [9.17, 15) is 4.79 Å². The molecule has 0 atom stereocenters. The number of aromatic amines is 1. The molecule has 0 aliphatic heterocycles. The van der Waals surface area contributed by atoms with Crippen LogP contribution in [0.25, 0.3) is 10.9 Å². The van der Waals surface area contributed by atoms with Gasteiger partial charge in [-0.1, -0.05) is 109 Å². The number of hydrogen-bond donors (Lipinski definition) is 1. The molecule has 0 unspecified atom stereocenters. The number of aryl methyl sites for hydroxylation is 1. The largest absolute Gasteiger partial charge is 0.466 e. The van der Waals surface area contributed by atoms with Crippen molar-refractivity contribution in [3.8, 4) is 0 Å². The fraction of sp³-hybridized carbons (Fsp3) is 0.667. The van der Waals surface area contributed by atoms with Crippen LogP contribution < -0.4 is 0 Å². The van der Waals surface area contributed by atoms with Gasteiger partial charge in [-0.2, -0.15) is 0 Å². The summed E-state index contributed by atoms with van der Waals surface area (Å²) < 4.78 is 5.41. The summed E-state index contributed by atoms with van der Waals surface area (Å²) in [6.45, 7) is 2.85. The molecule has 0 fully saturated rings. The van der Waals surface area contributed by atoms with Crippen LogP contribution in [0.1, 0.15) is 109 Å². The van der Waals surface area contributed by atoms with E-state index in [0.717, 1.165) is 18.4 Å². The number of nitrogens with one attached hydrogen (secondary N) is 1. The molecule has 0 saturated heterocycles. The molecule has 3 nitrogen and oxygen atoms in total. The SMILES string of the molecule is CCCCCCCCCCCCCCCCOC(=O)CCc1c[nH]c2ccccc12. The first-order valence-electron chi connectivity index (χ1n) is 12.5. The standard InChI is InChI=1S/C27H43NO2/c1-2-3-4-5-6-7-8-9-10-11-12-13-14-17-22-30-27(29)21-20-24-23-28-26-19-16-15-18-25(24)26/h15-16,18-19,23,28H,2-14,17,20-22H2,1H3. The normalized spacial score (nSPS) is 11.2. The summed E-state index contributed by atoms with van der Waals surface area (Å²) in [5.74, 6) is -0.0741. The number of para-hydroxylation sites is 1. The Hall–Kier alpha value is -1.77. The number of hydrogen-bond acceptors (Lipinski definition) is 2. The number of ether oxygens (including phenoxy) is 1. The number of benzene rings is 1. The molecule has 0 spiro atoms. The van der Waals surface area contributed by atoms with Crippen LogP contribution in [0.4, 0.5) is 0 Å². The Bertz CT molecular complexity index is 691. The minimum Gasteiger partial charge on any atom is -0.466 e. The van der Waals surface area contributed by atoms with Gasteiger partial charge in [0.25, 0.3) is 0 Å². The topological polar surface area (TPSA) is 42.1 Å². The number of carbonyl (C=O) groups is 1. The van der Waals surface area contributed by atoms with Crippen LogP contribution in [0.2, 0.25) is 0 Å². The fourth-order valence-corrected chi connectivity index (χ4v) is 4.13. The average molecular weight is 414 g/mol. The van der Waals surface area contributed by atoms with Gasteiger partial charge in [0.05, 0.1) is 6.61 Å². The van der Waals surface area contributed by atoms with Crippen molar-refractivity contribution in [1.29, 1.82) is 0 Å². The number of unbranched alkanes of at least 4 members (excludes halogenated alkanes) is 13. The first-order valence-corrected chi connectivity index (χ1v) is 12.5. The predicted octanol–water partition coefficient (Wildman–Crippen LogP) is 8.13. The minimum atomic E-state index is -0.0741. The Kier molecular flexibility index (Phi) is 13.1. The monoisotopic (exact) mass is 413 g/mol. The number of rotatable bonds is 18. The lowest BCUT2D eigenvalue weighted by Crippen LogP contribution is -2.07. The van der Waals surface area contributed by atoms with E-state index in [2.05, 4.69) is 24.0 Å². The second-order valence-corrected chi connectivity index (χ2v) is 8.68. The highest BCUT2D eigenvalue weighted by Gasteiger charge is 2.07. The zero-order valence-corrected chi connectivity index (χ0v) is 19.2. The number of H-pyrrole nitrogens is 1. The highest BCUT2D eigenvalue weighted by Crippen LogP contribution is 2.19. The summed E-state index contributed by atoms with van der Waals surface area (Å²) in [5.41, 5.74) is 2.32. The van der Waals surface area contributed by atoms with Gasteiger partial charge in [-0.05, 0) is 24.5 Å². The van der Waals surface area contributed by atoms with E-state index >= 15 is 0 Å². The lowest BCUT2D eigenvalue weighted by atomic mass is 10.0. The van der Waals surface area contributed by atoms with Crippen molar-refractivity contribution in [3.63, 3.8) is 0 Å². The van der Waals surface area contributed by atoms with E-state index in [4.69, 9.17) is 4.74 Å². The van der Waals surface area contributed by atoms with Crippen LogP contribution in [0.5, 0.6) is 0 Å². The molecule has 0 bridgehead atoms. The zero-order chi connectivity index (χ0) is 21.3. The van der Waals surface area contributed by atoms with Crippen LogP contribution in [-0.2, 0) is 16.0 Å². The molecule has 2 rings (SSSR count). The summed E-state index contributed by atoms with van der Waals surface area (Å²) in [7, 11) is 0. The maximum atomic E-state index is 12.0. The lowest BCUT2D eigenvalue weighted by Gasteiger charge is -2.05. The Morgan fingerprint density at radius 1 is 0.800 bits per heavy atom. The Balaban J connectivity index is 1.35. The molecule has 168 valence electrons. The van der Waals surface area contributed by atoms with E-state index in [1.807, 2.05) is 18.3 Å². The molecule has 1 N–H and O–H groups in total. The van der Waals surface area contributed by atoms with Gasteiger partial charge in [-0.25, -0.2) is 0 Å². The van der Waals surface area contributed by atoms with Gasteiger partial charge in [0.1, 0.15) is 0 Å². The Labute approximate surface area is 184 Å². The second-order valence-electron chi connectivity index (χ2n) is 8.68. The summed E-state index contributed by atoms with van der Waals surface area (Å²) in [6.07, 6.45) is 22.0. The van der Waals surface area contributed by atoms with Crippen molar-refractivity contribution < 1.29 is 9.53 Å². The van der Waals surface area contributed by atoms with Crippen molar-refractivity contribution in [3.05, 3.63) is 36.0 Å². The highest BCUT2D eigenvalue weighted by atomic mass is 16.5. The summed E-state index contributed by atoms with van der Waals surface area (Å²) in [4.78, 5) is 15.2. The number of fused-ring (bicyclic) bond motifs is 1. The summed E-state index contributed by atoms with van der Waals surface area (Å²) >= 11 is 0. The zero-order valence-electron chi connectivity index (χ0n) is 19.2. The van der Waals surface area contributed by atoms with Gasteiger partial charge in [-0.15, -0.1) is 0 Å². The van der Waals surface area contributed by atoms with Gasteiger partial charge in [-0.3, -0.25) is 4.79 Å². The van der Waals surface area contributed by atoms with Crippen molar-refractivity contribution >= 4 is 16.9 Å². The third-order valence-electron chi connectivity index (χ3n) is 6.03. The third-order valence-corrected chi connectivity index (χ3v) is 6.03. The smallest absolute Gasteiger partial charge is 0.306 e. The van der Waals surface area contributed by atoms with E-state index in [1.165, 1.54) is 94.4 Å². The molecular weight excluding hydrogens is 370 g/mol. The number of esters is 1. The molecule has 0 aliphatic rings. The van der Waals surface area contributed by atoms with Crippen LogP contribution in [0.15, 0.2) is 30.5 Å². The van der Waals surface area contributed by atoms with Gasteiger partial charge in [0, 0.05) is 23.5 Å². The molecular formula is C27H43NO2. The van der Waals surface area contributed by atoms with Gasteiger partial charge < -0.3 is 9.72 Å². The third kappa shape index (κ3) is 10.3. The van der Waals surface area contributed by atoms with Gasteiger partial charge in [0.2, 0.25) is 0 Å². The quantitative estimate of drug-likeness (QED) is 0.198. The Morgan fingerprint density at radius 2 is 1.37 bits per heavy atom. The van der Waals surface area contributed by atoms with Crippen molar-refractivity contribution in [2.45, 2.75) is 110 Å². The van der Waals surface area contributed by atoms with E-state index in [1.54, 1.807) is 0 Å². The average Bonchev–Trinajstić information content (AvgIpc) is 3.18. The van der Waals surface area contributed by atoms with Crippen molar-refractivity contribution in [1.82, 2.24) is 4.98 Å². The first kappa shape index (κ1) is 24.5. The molecule has 0 saturated carbocycles. The highest BCUT2D eigenvalue weighted by molar-refractivity contribution is 5.83. The lowest BCUT2D eigenvalue weighted by molar-refractivity contribution is -0.143. The second kappa shape index (κ2) is 16.0. The summed E-state index contributed by atoms with van der Waals surface area (Å²) in [5, 5.41) is 1.21. The van der Waals surface area contributed by atoms with Crippen LogP contribution >= 0.6 is 0 Å². The van der Waals surface area contributed by atoms with Crippen LogP contribution in [-0.4, -0.2) is 17.6 Å². The summed E-state index contributed by atoms with van der Waals surface area (Å²) in [6, 6.07) is 8.22. The molecule has 0 amide bonds. The van der Waals surface area contributed by atoms with Crippen molar-refractivity contribution in [2.75, 3.05) is 6.61 Å². The molecule has 1 heterocycles. The van der Waals surface area contributed by atoms with Gasteiger partial charge in [0.15, 0.2) is 0 Å². The first-order chi connectivity index (χ1) is 14.8. The number of aromatic nitrogens is 1. The maximum absolute atomic E-state index is 12.0.